The lowest BCUT2D eigenvalue weighted by Gasteiger charge is -2.35. The van der Waals surface area contributed by atoms with Gasteiger partial charge < -0.3 is 19.6 Å². The van der Waals surface area contributed by atoms with Crippen LogP contribution >= 0.6 is 0 Å². The van der Waals surface area contributed by atoms with Gasteiger partial charge in [-0.15, -0.1) is 0 Å². The highest BCUT2D eigenvalue weighted by atomic mass is 16.5. The monoisotopic (exact) mass is 539 g/mol. The Balaban J connectivity index is 0.00000370. The van der Waals surface area contributed by atoms with Gasteiger partial charge in [-0.3, -0.25) is 4.79 Å². The minimum absolute atomic E-state index is 0. The largest absolute Gasteiger partial charge is 0.487 e. The number of carbonyl (C=O) groups excluding carboxylic acids is 1. The first-order valence-electron chi connectivity index (χ1n) is 13.6. The van der Waals surface area contributed by atoms with Gasteiger partial charge in [-0.1, -0.05) is 68.1 Å². The second-order valence-electron chi connectivity index (χ2n) is 11.2. The van der Waals surface area contributed by atoms with E-state index in [0.717, 1.165) is 35.5 Å². The highest BCUT2D eigenvalue weighted by Gasteiger charge is 2.31. The number of hydrogen-bond donors (Lipinski definition) is 2. The van der Waals surface area contributed by atoms with E-state index in [1.807, 2.05) is 66.7 Å². The van der Waals surface area contributed by atoms with Crippen LogP contribution in [0.3, 0.4) is 0 Å². The van der Waals surface area contributed by atoms with Crippen molar-refractivity contribution in [2.75, 3.05) is 0 Å². The van der Waals surface area contributed by atoms with Crippen LogP contribution in [-0.2, 0) is 12.8 Å². The van der Waals surface area contributed by atoms with E-state index in [2.05, 4.69) is 39.9 Å². The summed E-state index contributed by atoms with van der Waals surface area (Å²) in [6, 6.07) is 21.8. The van der Waals surface area contributed by atoms with Gasteiger partial charge >= 0.3 is 0 Å². The third-order valence-electron chi connectivity index (χ3n) is 8.03. The molecule has 2 heterocycles. The van der Waals surface area contributed by atoms with Gasteiger partial charge in [-0.2, -0.15) is 0 Å². The number of furan rings is 1. The van der Waals surface area contributed by atoms with Crippen molar-refractivity contribution >= 4 is 5.91 Å². The van der Waals surface area contributed by atoms with E-state index in [-0.39, 0.29) is 24.7 Å². The molecule has 1 amide bonds. The van der Waals surface area contributed by atoms with E-state index in [9.17, 15) is 9.90 Å². The molecule has 1 aliphatic rings. The fraction of sp³-hybridized carbons (Fsp3) is 0.343. The molecule has 0 bridgehead atoms. The number of hydrogen-bond acceptors (Lipinski definition) is 4. The molecule has 1 aliphatic heterocycles. The van der Waals surface area contributed by atoms with Crippen LogP contribution in [0.1, 0.15) is 95.1 Å². The van der Waals surface area contributed by atoms with Gasteiger partial charge in [-0.05, 0) is 98.5 Å². The molecule has 0 aliphatic carbocycles. The molecule has 5 rings (SSSR count). The summed E-state index contributed by atoms with van der Waals surface area (Å²) in [4.78, 5) is 13.3. The quantitative estimate of drug-likeness (QED) is 0.252. The third kappa shape index (κ3) is 5.85. The molecule has 2 atom stereocenters. The van der Waals surface area contributed by atoms with Gasteiger partial charge in [0.1, 0.15) is 23.2 Å². The topological polar surface area (TPSA) is 71.7 Å². The predicted octanol–water partition coefficient (Wildman–Crippen LogP) is 7.74. The number of aliphatic hydroxyl groups is 1. The summed E-state index contributed by atoms with van der Waals surface area (Å²) in [5.41, 5.74) is 7.48. The number of amides is 1. The number of nitrogens with one attached hydrogen (secondary N) is 1. The van der Waals surface area contributed by atoms with Gasteiger partial charge in [0.05, 0.1) is 6.04 Å². The first kappa shape index (κ1) is 29.2. The van der Waals surface area contributed by atoms with Crippen LogP contribution in [-0.4, -0.2) is 16.6 Å². The molecule has 0 spiro atoms. The van der Waals surface area contributed by atoms with E-state index < -0.39 is 12.1 Å². The van der Waals surface area contributed by atoms with Gasteiger partial charge in [0.15, 0.2) is 5.76 Å². The molecule has 210 valence electrons. The maximum atomic E-state index is 13.3. The molecule has 0 saturated heterocycles. The normalized spacial score (nSPS) is 15.2. The van der Waals surface area contributed by atoms with Crippen molar-refractivity contribution in [3.8, 4) is 5.75 Å². The Morgan fingerprint density at radius 3 is 2.17 bits per heavy atom. The molecule has 2 N–H and O–H groups in total. The number of aliphatic hydroxyl groups excluding tert-OH is 1. The second-order valence-corrected chi connectivity index (χ2v) is 11.2. The minimum Gasteiger partial charge on any atom is -0.487 e. The molecular formula is C35H41NO4. The molecule has 1 aromatic heterocycles. The van der Waals surface area contributed by atoms with Crippen molar-refractivity contribution in [1.29, 1.82) is 0 Å². The van der Waals surface area contributed by atoms with E-state index >= 15 is 0 Å². The molecule has 5 nitrogen and oxygen atoms in total. The highest BCUT2D eigenvalue weighted by molar-refractivity contribution is 5.91. The second kappa shape index (κ2) is 11.7. The number of carbonyl (C=O) groups is 1. The van der Waals surface area contributed by atoms with Crippen LogP contribution in [0, 0.1) is 20.8 Å². The molecule has 0 radical (unpaired) electrons. The fourth-order valence-corrected chi connectivity index (χ4v) is 5.54. The molecule has 0 fully saturated rings. The lowest BCUT2D eigenvalue weighted by molar-refractivity contribution is 0.0804. The Labute approximate surface area is 238 Å². The smallest absolute Gasteiger partial charge is 0.287 e. The Bertz CT molecular complexity index is 1470. The number of fused-ring (bicyclic) bond motifs is 1. The van der Waals surface area contributed by atoms with Crippen LogP contribution in [0.2, 0.25) is 0 Å². The van der Waals surface area contributed by atoms with Gasteiger partial charge in [-0.25, -0.2) is 0 Å². The van der Waals surface area contributed by atoms with Crippen molar-refractivity contribution in [1.82, 2.24) is 5.32 Å². The van der Waals surface area contributed by atoms with Crippen molar-refractivity contribution in [2.45, 2.75) is 79.1 Å². The fourth-order valence-electron chi connectivity index (χ4n) is 5.54. The summed E-state index contributed by atoms with van der Waals surface area (Å²) >= 11 is 0. The Hall–Kier alpha value is -3.83. The van der Waals surface area contributed by atoms with Gasteiger partial charge in [0.25, 0.3) is 5.91 Å². The predicted molar refractivity (Wildman–Crippen MR) is 160 cm³/mol. The average molecular weight is 540 g/mol. The number of rotatable bonds is 7. The van der Waals surface area contributed by atoms with E-state index in [0.29, 0.717) is 6.42 Å². The summed E-state index contributed by atoms with van der Waals surface area (Å²) in [5, 5.41) is 14.2. The van der Waals surface area contributed by atoms with E-state index in [1.165, 1.54) is 27.8 Å². The molecular weight excluding hydrogens is 498 g/mol. The standard InChI is InChI=1S/C34H37NO4.CH4/c1-21-22(2)32-27(18-19-34(4,5)39-32)23(3)28(21)20-26-16-17-29(38-26)33(37)35-30(24-12-8-6-9-13-24)31(36)25-14-10-7-11-15-25;/h6-17,30-31,36H,18-20H2,1-5H3,(H,35,37);1H4/t30-,31+;/m1./s1. The Morgan fingerprint density at radius 2 is 1.52 bits per heavy atom. The summed E-state index contributed by atoms with van der Waals surface area (Å²) in [5.74, 6) is 1.60. The maximum Gasteiger partial charge on any atom is 0.287 e. The van der Waals surface area contributed by atoms with Crippen molar-refractivity contribution < 1.29 is 19.1 Å². The molecule has 3 aromatic carbocycles. The average Bonchev–Trinajstić information content (AvgIpc) is 3.42. The number of ether oxygens (including phenoxy) is 1. The lowest BCUT2D eigenvalue weighted by Crippen LogP contribution is -2.33. The summed E-state index contributed by atoms with van der Waals surface area (Å²) in [6.07, 6.45) is 1.64. The molecule has 0 unspecified atom stereocenters. The maximum absolute atomic E-state index is 13.3. The van der Waals surface area contributed by atoms with Crippen LogP contribution in [0.4, 0.5) is 0 Å². The Kier molecular flexibility index (Phi) is 8.55. The lowest BCUT2D eigenvalue weighted by atomic mass is 9.84. The summed E-state index contributed by atoms with van der Waals surface area (Å²) < 4.78 is 12.5. The third-order valence-corrected chi connectivity index (χ3v) is 8.03. The highest BCUT2D eigenvalue weighted by Crippen LogP contribution is 2.41. The van der Waals surface area contributed by atoms with Crippen molar-refractivity contribution in [3.63, 3.8) is 0 Å². The SMILES string of the molecule is C.Cc1c(C)c2c(c(C)c1Cc1ccc(C(=O)N[C@H](c3ccccc3)[C@@H](O)c3ccccc3)o1)CCC(C)(C)O2. The zero-order chi connectivity index (χ0) is 27.7. The van der Waals surface area contributed by atoms with E-state index in [1.54, 1.807) is 6.07 Å². The Morgan fingerprint density at radius 1 is 0.900 bits per heavy atom. The summed E-state index contributed by atoms with van der Waals surface area (Å²) in [6.45, 7) is 10.7. The molecule has 0 saturated carbocycles. The molecule has 4 aromatic rings. The van der Waals surface area contributed by atoms with E-state index in [4.69, 9.17) is 9.15 Å². The molecule has 40 heavy (non-hydrogen) atoms. The number of benzene rings is 3. The first-order chi connectivity index (χ1) is 18.6. The minimum atomic E-state index is -0.914. The van der Waals surface area contributed by atoms with Crippen LogP contribution in [0.5, 0.6) is 5.75 Å². The van der Waals surface area contributed by atoms with Crippen LogP contribution < -0.4 is 10.1 Å². The van der Waals surface area contributed by atoms with Crippen LogP contribution in [0.25, 0.3) is 0 Å². The zero-order valence-electron chi connectivity index (χ0n) is 23.4. The summed E-state index contributed by atoms with van der Waals surface area (Å²) in [7, 11) is 0. The zero-order valence-corrected chi connectivity index (χ0v) is 23.4. The van der Waals surface area contributed by atoms with Gasteiger partial charge in [0, 0.05) is 6.42 Å². The van der Waals surface area contributed by atoms with Gasteiger partial charge in [0.2, 0.25) is 0 Å². The van der Waals surface area contributed by atoms with Crippen LogP contribution in [0.15, 0.2) is 77.2 Å². The first-order valence-corrected chi connectivity index (χ1v) is 13.6. The molecule has 5 heteroatoms. The van der Waals surface area contributed by atoms with Crippen molar-refractivity contribution in [2.24, 2.45) is 0 Å². The van der Waals surface area contributed by atoms with Crippen molar-refractivity contribution in [3.05, 3.63) is 123 Å².